The van der Waals surface area contributed by atoms with Crippen LogP contribution >= 0.6 is 0 Å². The number of fused-ring (bicyclic) bond motifs is 5. The molecule has 1 aliphatic heterocycles. The maximum atomic E-state index is 12.0. The van der Waals surface area contributed by atoms with Crippen molar-refractivity contribution in [3.8, 4) is 5.75 Å². The summed E-state index contributed by atoms with van der Waals surface area (Å²) >= 11 is 0. The molecule has 1 N–H and O–H groups in total. The predicted molar refractivity (Wildman–Crippen MR) is 177 cm³/mol. The molecule has 0 saturated heterocycles. The minimum Gasteiger partial charge on any atom is -0.748 e. The number of anilines is 1. The van der Waals surface area contributed by atoms with Crippen molar-refractivity contribution in [1.29, 1.82) is 0 Å². The third kappa shape index (κ3) is 7.75. The average molecular weight is 686 g/mol. The molecule has 0 amide bonds. The SMILES string of the molecule is CCC(/C=C1\Oc2cc3ccccc3cc2N1CCCCS(=O)(=O)O)=C\c1oc2ccc3ccccc3c2[n+]1CC(C)S(=O)(=O)[O-].[Na+]. The Kier molecular flexibility index (Phi) is 10.5. The molecule has 0 radical (unpaired) electrons. The fourth-order valence-electron chi connectivity index (χ4n) is 5.75. The van der Waals surface area contributed by atoms with Crippen LogP contribution in [-0.2, 0) is 26.8 Å². The van der Waals surface area contributed by atoms with Gasteiger partial charge < -0.3 is 18.6 Å². The molecular weight excluding hydrogens is 652 g/mol. The fraction of sp³-hybridized carbons (Fsp3) is 0.265. The molecule has 0 fully saturated rings. The van der Waals surface area contributed by atoms with Gasteiger partial charge in [-0.05, 0) is 72.2 Å². The van der Waals surface area contributed by atoms with Crippen molar-refractivity contribution in [1.82, 2.24) is 0 Å². The van der Waals surface area contributed by atoms with Gasteiger partial charge >= 0.3 is 35.4 Å². The summed E-state index contributed by atoms with van der Waals surface area (Å²) < 4.78 is 82.2. The minimum absolute atomic E-state index is 0. The maximum Gasteiger partial charge on any atom is 1.00 e. The van der Waals surface area contributed by atoms with Crippen molar-refractivity contribution in [3.63, 3.8) is 0 Å². The summed E-state index contributed by atoms with van der Waals surface area (Å²) in [7, 11) is -8.64. The number of hydrogen-bond donors (Lipinski definition) is 1. The number of hydrogen-bond acceptors (Lipinski definition) is 8. The van der Waals surface area contributed by atoms with E-state index < -0.39 is 25.5 Å². The summed E-state index contributed by atoms with van der Waals surface area (Å²) in [6, 6.07) is 23.4. The van der Waals surface area contributed by atoms with E-state index in [9.17, 15) is 25.9 Å². The summed E-state index contributed by atoms with van der Waals surface area (Å²) in [4.78, 5) is 1.99. The molecule has 1 atom stereocenters. The normalized spacial score (nSPS) is 15.3. The molecule has 47 heavy (non-hydrogen) atoms. The Hall–Kier alpha value is -3.23. The Morgan fingerprint density at radius 2 is 1.66 bits per heavy atom. The van der Waals surface area contributed by atoms with E-state index >= 15 is 0 Å². The molecule has 1 unspecified atom stereocenters. The van der Waals surface area contributed by atoms with Crippen LogP contribution in [0.25, 0.3) is 38.7 Å². The van der Waals surface area contributed by atoms with E-state index in [1.54, 1.807) is 4.57 Å². The van der Waals surface area contributed by atoms with Crippen molar-refractivity contribution in [2.24, 2.45) is 0 Å². The zero-order chi connectivity index (χ0) is 32.6. The third-order valence-corrected chi connectivity index (χ3v) is 10.1. The van der Waals surface area contributed by atoms with Crippen LogP contribution < -0.4 is 43.8 Å². The van der Waals surface area contributed by atoms with Crippen molar-refractivity contribution in [3.05, 3.63) is 96.2 Å². The second kappa shape index (κ2) is 14.1. The zero-order valence-electron chi connectivity index (χ0n) is 26.4. The molecule has 6 rings (SSSR count). The second-order valence-corrected chi connectivity index (χ2v) is 14.8. The van der Waals surface area contributed by atoms with Gasteiger partial charge in [0.15, 0.2) is 12.3 Å². The predicted octanol–water partition coefficient (Wildman–Crippen LogP) is 3.17. The number of aromatic nitrogens is 1. The molecule has 0 spiro atoms. The fourth-order valence-corrected chi connectivity index (χ4v) is 6.65. The standard InChI is InChI=1S/C34H34N2O8S2.Na/c1-3-24(19-33-36(22-23(2)46(40,41)42)34-28-13-7-6-10-25(28)14-15-30(34)43-33)18-32-35(16-8-9-17-45(37,38)39)29-20-26-11-4-5-12-27(26)21-31(29)44-32;/h4-7,10-15,18-21,23H,3,8-9,16-17,22H2,1-2H3,(H-,37,38,39,40,41,42);/q;+1. The monoisotopic (exact) mass is 685 g/mol. The van der Waals surface area contributed by atoms with Gasteiger partial charge in [-0.15, -0.1) is 0 Å². The minimum atomic E-state index is -4.57. The Balaban J connectivity index is 0.00000433. The molecule has 0 aliphatic carbocycles. The van der Waals surface area contributed by atoms with E-state index in [1.807, 2.05) is 96.8 Å². The maximum absolute atomic E-state index is 12.0. The van der Waals surface area contributed by atoms with E-state index in [4.69, 9.17) is 9.15 Å². The number of oxazole rings is 1. The molecule has 0 saturated carbocycles. The molecule has 4 aromatic carbocycles. The van der Waals surface area contributed by atoms with Gasteiger partial charge in [0.1, 0.15) is 15.4 Å². The molecule has 1 aromatic heterocycles. The van der Waals surface area contributed by atoms with E-state index in [2.05, 4.69) is 0 Å². The molecule has 10 nitrogen and oxygen atoms in total. The molecule has 1 aliphatic rings. The number of unbranched alkanes of at least 4 members (excludes halogenated alkanes) is 1. The average Bonchev–Trinajstić information content (AvgIpc) is 3.53. The first-order valence-corrected chi connectivity index (χ1v) is 18.1. The van der Waals surface area contributed by atoms with Crippen molar-refractivity contribution in [2.75, 3.05) is 17.2 Å². The van der Waals surface area contributed by atoms with Crippen LogP contribution in [0.1, 0.15) is 39.0 Å². The molecule has 5 aromatic rings. The number of allylic oxidation sites excluding steroid dienone is 2. The number of benzene rings is 4. The van der Waals surface area contributed by atoms with Crippen molar-refractivity contribution in [2.45, 2.75) is 44.9 Å². The number of nitrogens with zero attached hydrogens (tertiary/aromatic N) is 2. The van der Waals surface area contributed by atoms with Gasteiger partial charge in [-0.1, -0.05) is 55.5 Å². The quantitative estimate of drug-likeness (QED) is 0.0961. The van der Waals surface area contributed by atoms with Gasteiger partial charge in [-0.3, -0.25) is 4.55 Å². The van der Waals surface area contributed by atoms with E-state index in [1.165, 1.54) is 6.92 Å². The third-order valence-electron chi connectivity index (χ3n) is 8.21. The number of ether oxygens (including phenoxy) is 1. The van der Waals surface area contributed by atoms with Gasteiger partial charge in [-0.2, -0.15) is 13.0 Å². The van der Waals surface area contributed by atoms with Crippen molar-refractivity contribution < 1.29 is 69.2 Å². The largest absolute Gasteiger partial charge is 1.00 e. The first kappa shape index (κ1) is 35.1. The zero-order valence-corrected chi connectivity index (χ0v) is 30.1. The Morgan fingerprint density at radius 1 is 0.979 bits per heavy atom. The summed E-state index contributed by atoms with van der Waals surface area (Å²) in [5.74, 6) is 1.25. The van der Waals surface area contributed by atoms with Crippen LogP contribution in [0.2, 0.25) is 0 Å². The van der Waals surface area contributed by atoms with E-state index in [0.29, 0.717) is 48.0 Å². The van der Waals surface area contributed by atoms with E-state index in [-0.39, 0.29) is 48.3 Å². The van der Waals surface area contributed by atoms with Gasteiger partial charge in [0.25, 0.3) is 15.6 Å². The van der Waals surface area contributed by atoms with Gasteiger partial charge in [-0.25, -0.2) is 8.42 Å². The topological polar surface area (TPSA) is 141 Å². The summed E-state index contributed by atoms with van der Waals surface area (Å²) in [6.07, 6.45) is 5.03. The number of rotatable bonds is 11. The van der Waals surface area contributed by atoms with Gasteiger partial charge in [0.05, 0.1) is 22.9 Å². The Bertz CT molecular complexity index is 2240. The molecule has 0 bridgehead atoms. The molecule has 2 heterocycles. The molecular formula is C34H34N2NaO8S2+. The second-order valence-electron chi connectivity index (χ2n) is 11.5. The first-order chi connectivity index (χ1) is 21.9. The molecule has 13 heteroatoms. The van der Waals surface area contributed by atoms with Gasteiger partial charge in [0.2, 0.25) is 11.5 Å². The van der Waals surface area contributed by atoms with Crippen LogP contribution in [0.4, 0.5) is 5.69 Å². The van der Waals surface area contributed by atoms with Crippen LogP contribution in [0.5, 0.6) is 5.75 Å². The van der Waals surface area contributed by atoms with Crippen LogP contribution in [0, 0.1) is 0 Å². The van der Waals surface area contributed by atoms with Crippen molar-refractivity contribution >= 4 is 64.6 Å². The summed E-state index contributed by atoms with van der Waals surface area (Å²) in [5.41, 5.74) is 2.90. The van der Waals surface area contributed by atoms with Crippen LogP contribution in [-0.4, -0.2) is 43.5 Å². The Morgan fingerprint density at radius 3 is 2.34 bits per heavy atom. The van der Waals surface area contributed by atoms with Gasteiger partial charge in [0, 0.05) is 12.6 Å². The van der Waals surface area contributed by atoms with E-state index in [0.717, 1.165) is 32.8 Å². The van der Waals surface area contributed by atoms with Crippen LogP contribution in [0.15, 0.2) is 94.7 Å². The smallest absolute Gasteiger partial charge is 0.748 e. The summed E-state index contributed by atoms with van der Waals surface area (Å²) in [6.45, 7) is 3.71. The summed E-state index contributed by atoms with van der Waals surface area (Å²) in [5, 5.41) is 2.65. The first-order valence-electron chi connectivity index (χ1n) is 15.1. The molecule has 240 valence electrons. The van der Waals surface area contributed by atoms with Crippen LogP contribution in [0.3, 0.4) is 0 Å². The Labute approximate surface area is 296 Å².